The van der Waals surface area contributed by atoms with Crippen molar-refractivity contribution in [1.82, 2.24) is 4.90 Å². The van der Waals surface area contributed by atoms with Crippen LogP contribution in [0.2, 0.25) is 0 Å². The Hall–Kier alpha value is -1.26. The van der Waals surface area contributed by atoms with E-state index in [2.05, 4.69) is 58.4 Å². The molecule has 22 heavy (non-hydrogen) atoms. The van der Waals surface area contributed by atoms with Crippen molar-refractivity contribution in [2.75, 3.05) is 11.1 Å². The molecule has 1 aliphatic heterocycles. The van der Waals surface area contributed by atoms with Crippen LogP contribution in [0.25, 0.3) is 0 Å². The van der Waals surface area contributed by atoms with Crippen LogP contribution in [-0.2, 0) is 17.8 Å². The summed E-state index contributed by atoms with van der Waals surface area (Å²) >= 11 is 5.19. The lowest BCUT2D eigenvalue weighted by Crippen LogP contribution is -2.42. The van der Waals surface area contributed by atoms with Crippen LogP contribution in [0.5, 0.6) is 0 Å². The van der Waals surface area contributed by atoms with Gasteiger partial charge in [0, 0.05) is 23.2 Å². The fourth-order valence-corrected chi connectivity index (χ4v) is 4.27. The van der Waals surface area contributed by atoms with Crippen LogP contribution in [0.4, 0.5) is 0 Å². The van der Waals surface area contributed by atoms with Gasteiger partial charge in [0.25, 0.3) is 0 Å². The maximum absolute atomic E-state index is 12.4. The van der Waals surface area contributed by atoms with Crippen molar-refractivity contribution in [3.8, 4) is 0 Å². The van der Waals surface area contributed by atoms with Crippen LogP contribution >= 0.6 is 27.7 Å². The fourth-order valence-electron chi connectivity index (χ4n) is 2.79. The number of nitrogens with zero attached hydrogens (tertiary/aromatic N) is 1. The van der Waals surface area contributed by atoms with Gasteiger partial charge in [0.15, 0.2) is 0 Å². The molecule has 0 bridgehead atoms. The van der Waals surface area contributed by atoms with Gasteiger partial charge in [-0.2, -0.15) is 0 Å². The molecule has 0 saturated heterocycles. The summed E-state index contributed by atoms with van der Waals surface area (Å²) in [4.78, 5) is 15.7. The largest absolute Gasteiger partial charge is 0.333 e. The van der Waals surface area contributed by atoms with Gasteiger partial charge in [-0.15, -0.1) is 11.8 Å². The molecule has 1 amide bonds. The molecule has 0 spiro atoms. The minimum absolute atomic E-state index is 0.165. The number of fused-ring (bicyclic) bond motifs is 1. The summed E-state index contributed by atoms with van der Waals surface area (Å²) in [6, 6.07) is 19.1. The van der Waals surface area contributed by atoms with E-state index in [-0.39, 0.29) is 11.9 Å². The summed E-state index contributed by atoms with van der Waals surface area (Å²) in [5.74, 6) is 1.10. The lowest BCUT2D eigenvalue weighted by molar-refractivity contribution is -0.130. The molecule has 0 saturated carbocycles. The molecule has 0 fully saturated rings. The average Bonchev–Trinajstić information content (AvgIpc) is 2.75. The molecule has 1 heterocycles. The highest BCUT2D eigenvalue weighted by atomic mass is 79.9. The number of rotatable bonds is 3. The molecule has 0 aliphatic carbocycles. The van der Waals surface area contributed by atoms with Crippen molar-refractivity contribution in [1.29, 1.82) is 0 Å². The molecule has 1 atom stereocenters. The van der Waals surface area contributed by atoms with E-state index in [4.69, 9.17) is 0 Å². The number of benzene rings is 2. The molecule has 1 aliphatic rings. The number of carbonyl (C=O) groups excluding carboxylic acids is 1. The molecular weight excluding hydrogens is 358 g/mol. The molecule has 2 aromatic carbocycles. The highest BCUT2D eigenvalue weighted by molar-refractivity contribution is 9.09. The zero-order valence-electron chi connectivity index (χ0n) is 12.2. The minimum atomic E-state index is 0.165. The fraction of sp³-hybridized carbons (Fsp3) is 0.278. The van der Waals surface area contributed by atoms with Gasteiger partial charge in [0.1, 0.15) is 0 Å². The maximum atomic E-state index is 12.4. The van der Waals surface area contributed by atoms with Gasteiger partial charge in [-0.3, -0.25) is 4.79 Å². The summed E-state index contributed by atoms with van der Waals surface area (Å²) in [5, 5.41) is 0.380. The van der Waals surface area contributed by atoms with E-state index >= 15 is 0 Å². The number of amides is 1. The van der Waals surface area contributed by atoms with Gasteiger partial charge < -0.3 is 4.90 Å². The normalized spacial score (nSPS) is 17.7. The van der Waals surface area contributed by atoms with Gasteiger partial charge in [-0.05, 0) is 23.6 Å². The standard InChI is InChI=1S/C18H18BrNOS/c19-11-18(21)20-12-15-8-4-5-9-17(15)22-13-16(20)10-14-6-2-1-3-7-14/h1-9,16H,10-13H2/t16-/m1/s1. The number of alkyl halides is 1. The number of hydrogen-bond acceptors (Lipinski definition) is 2. The third kappa shape index (κ3) is 3.55. The Morgan fingerprint density at radius 1 is 1.14 bits per heavy atom. The smallest absolute Gasteiger partial charge is 0.233 e. The number of carbonyl (C=O) groups is 1. The maximum Gasteiger partial charge on any atom is 0.233 e. The SMILES string of the molecule is O=C(CBr)N1Cc2ccccc2SC[C@H]1Cc1ccccc1. The zero-order valence-corrected chi connectivity index (χ0v) is 14.6. The molecule has 0 radical (unpaired) electrons. The highest BCUT2D eigenvalue weighted by Crippen LogP contribution is 2.31. The monoisotopic (exact) mass is 375 g/mol. The molecular formula is C18H18BrNOS. The molecule has 2 nitrogen and oxygen atoms in total. The summed E-state index contributed by atoms with van der Waals surface area (Å²) in [6.07, 6.45) is 0.903. The second-order valence-corrected chi connectivity index (χ2v) is 7.04. The Kier molecular flexibility index (Phi) is 5.21. The van der Waals surface area contributed by atoms with Gasteiger partial charge >= 0.3 is 0 Å². The van der Waals surface area contributed by atoms with Crippen molar-refractivity contribution in [2.24, 2.45) is 0 Å². The van der Waals surface area contributed by atoms with E-state index in [1.165, 1.54) is 16.0 Å². The van der Waals surface area contributed by atoms with Crippen LogP contribution in [0.15, 0.2) is 59.5 Å². The second kappa shape index (κ2) is 7.34. The number of hydrogen-bond donors (Lipinski definition) is 0. The van der Waals surface area contributed by atoms with Crippen LogP contribution in [0.3, 0.4) is 0 Å². The van der Waals surface area contributed by atoms with E-state index < -0.39 is 0 Å². The summed E-state index contributed by atoms with van der Waals surface area (Å²) in [5.41, 5.74) is 2.53. The first-order valence-electron chi connectivity index (χ1n) is 7.38. The van der Waals surface area contributed by atoms with Crippen molar-refractivity contribution in [2.45, 2.75) is 23.9 Å². The van der Waals surface area contributed by atoms with Crippen LogP contribution in [0.1, 0.15) is 11.1 Å². The van der Waals surface area contributed by atoms with Crippen LogP contribution in [-0.4, -0.2) is 27.9 Å². The third-order valence-electron chi connectivity index (χ3n) is 3.93. The van der Waals surface area contributed by atoms with Crippen molar-refractivity contribution >= 4 is 33.6 Å². The molecule has 0 unspecified atom stereocenters. The average molecular weight is 376 g/mol. The number of thioether (sulfide) groups is 1. The van der Waals surface area contributed by atoms with E-state index in [0.29, 0.717) is 11.9 Å². The highest BCUT2D eigenvalue weighted by Gasteiger charge is 2.27. The van der Waals surface area contributed by atoms with Crippen molar-refractivity contribution in [3.05, 3.63) is 65.7 Å². The first-order chi connectivity index (χ1) is 10.8. The van der Waals surface area contributed by atoms with E-state index in [0.717, 1.165) is 12.2 Å². The predicted octanol–water partition coefficient (Wildman–Crippen LogP) is 4.13. The van der Waals surface area contributed by atoms with E-state index in [1.54, 1.807) is 0 Å². The summed E-state index contributed by atoms with van der Waals surface area (Å²) in [7, 11) is 0. The number of halogens is 1. The van der Waals surface area contributed by atoms with Crippen LogP contribution < -0.4 is 0 Å². The van der Waals surface area contributed by atoms with Gasteiger partial charge in [-0.25, -0.2) is 0 Å². The Bertz CT molecular complexity index is 647. The lowest BCUT2D eigenvalue weighted by Gasteiger charge is -2.29. The molecule has 3 rings (SSSR count). The van der Waals surface area contributed by atoms with Gasteiger partial charge in [0.05, 0.1) is 5.33 Å². The van der Waals surface area contributed by atoms with Gasteiger partial charge in [-0.1, -0.05) is 64.5 Å². The third-order valence-corrected chi connectivity index (χ3v) is 5.67. The van der Waals surface area contributed by atoms with Crippen molar-refractivity contribution in [3.63, 3.8) is 0 Å². The molecule has 4 heteroatoms. The summed E-state index contributed by atoms with van der Waals surface area (Å²) in [6.45, 7) is 0.700. The topological polar surface area (TPSA) is 20.3 Å². The first-order valence-corrected chi connectivity index (χ1v) is 9.48. The second-order valence-electron chi connectivity index (χ2n) is 5.42. The van der Waals surface area contributed by atoms with Crippen LogP contribution in [0, 0.1) is 0 Å². The van der Waals surface area contributed by atoms with E-state index in [1.807, 2.05) is 28.8 Å². The Balaban J connectivity index is 1.86. The molecule has 2 aromatic rings. The van der Waals surface area contributed by atoms with Gasteiger partial charge in [0.2, 0.25) is 5.91 Å². The summed E-state index contributed by atoms with van der Waals surface area (Å²) < 4.78 is 0. The predicted molar refractivity (Wildman–Crippen MR) is 95.4 cm³/mol. The Morgan fingerprint density at radius 2 is 1.86 bits per heavy atom. The molecule has 0 N–H and O–H groups in total. The lowest BCUT2D eigenvalue weighted by atomic mass is 10.0. The minimum Gasteiger partial charge on any atom is -0.333 e. The van der Waals surface area contributed by atoms with E-state index in [9.17, 15) is 4.79 Å². The quantitative estimate of drug-likeness (QED) is 0.751. The van der Waals surface area contributed by atoms with Crippen molar-refractivity contribution < 1.29 is 4.79 Å². The Morgan fingerprint density at radius 3 is 2.64 bits per heavy atom. The molecule has 114 valence electrons. The molecule has 0 aromatic heterocycles. The first kappa shape index (κ1) is 15.6. The zero-order chi connectivity index (χ0) is 15.4. The Labute approximate surface area is 144 Å².